The van der Waals surface area contributed by atoms with E-state index in [0.29, 0.717) is 19.0 Å². The molecule has 0 fully saturated rings. The third-order valence-electron chi connectivity index (χ3n) is 5.25. The molecule has 1 aromatic carbocycles. The average Bonchev–Trinajstić information content (AvgIpc) is 3.07. The van der Waals surface area contributed by atoms with Gasteiger partial charge in [0.2, 0.25) is 11.1 Å². The van der Waals surface area contributed by atoms with Crippen LogP contribution in [0.2, 0.25) is 0 Å². The number of ether oxygens (including phenoxy) is 1. The van der Waals surface area contributed by atoms with E-state index in [2.05, 4.69) is 26.1 Å². The molecule has 1 aliphatic heterocycles. The van der Waals surface area contributed by atoms with Gasteiger partial charge in [0.15, 0.2) is 5.78 Å². The summed E-state index contributed by atoms with van der Waals surface area (Å²) in [6, 6.07) is 7.72. The second-order valence-electron chi connectivity index (χ2n) is 8.37. The fourth-order valence-electron chi connectivity index (χ4n) is 4.07. The normalized spacial score (nSPS) is 20.1. The number of allylic oxidation sites excluding steroid dienone is 2. The van der Waals surface area contributed by atoms with Crippen LogP contribution in [0.1, 0.15) is 58.6 Å². The molecule has 0 saturated heterocycles. The number of fused-ring (bicyclic) bond motifs is 1. The molecule has 0 radical (unpaired) electrons. The Balaban J connectivity index is 1.79. The van der Waals surface area contributed by atoms with Crippen molar-refractivity contribution < 1.29 is 9.53 Å². The van der Waals surface area contributed by atoms with Crippen LogP contribution in [0.3, 0.4) is 0 Å². The van der Waals surface area contributed by atoms with Gasteiger partial charge < -0.3 is 10.1 Å². The predicted molar refractivity (Wildman–Crippen MR) is 115 cm³/mol. The highest BCUT2D eigenvalue weighted by Crippen LogP contribution is 2.45. The van der Waals surface area contributed by atoms with E-state index < -0.39 is 0 Å². The second kappa shape index (κ2) is 7.86. The summed E-state index contributed by atoms with van der Waals surface area (Å²) in [5.74, 6) is 2.70. The quantitative estimate of drug-likeness (QED) is 0.685. The van der Waals surface area contributed by atoms with E-state index in [1.54, 1.807) is 11.8 Å². The van der Waals surface area contributed by atoms with Gasteiger partial charge in [-0.15, -0.1) is 5.10 Å². The predicted octanol–water partition coefficient (Wildman–Crippen LogP) is 4.84. The SMILES string of the molecule is CCCSc1nc2n(n1)C(c1ccc(OCC)cc1)C1=C(CC(C)(C)CC1=O)N2. The highest BCUT2D eigenvalue weighted by Gasteiger charge is 2.41. The summed E-state index contributed by atoms with van der Waals surface area (Å²) in [7, 11) is 0. The Hall–Kier alpha value is -2.28. The van der Waals surface area contributed by atoms with Gasteiger partial charge in [-0.25, -0.2) is 4.68 Å². The molecule has 0 spiro atoms. The topological polar surface area (TPSA) is 69.0 Å². The van der Waals surface area contributed by atoms with Crippen molar-refractivity contribution in [1.29, 1.82) is 0 Å². The molecule has 7 heteroatoms. The highest BCUT2D eigenvalue weighted by atomic mass is 32.2. The van der Waals surface area contributed by atoms with Crippen LogP contribution >= 0.6 is 11.8 Å². The third kappa shape index (κ3) is 3.92. The molecule has 1 aromatic heterocycles. The minimum atomic E-state index is -0.260. The van der Waals surface area contributed by atoms with E-state index in [4.69, 9.17) is 14.8 Å². The first-order valence-electron chi connectivity index (χ1n) is 10.3. The number of thioether (sulfide) groups is 1. The molecule has 29 heavy (non-hydrogen) atoms. The van der Waals surface area contributed by atoms with Crippen LogP contribution in [0.15, 0.2) is 40.7 Å². The zero-order valence-corrected chi connectivity index (χ0v) is 18.3. The fraction of sp³-hybridized carbons (Fsp3) is 0.500. The number of hydrogen-bond acceptors (Lipinski definition) is 6. The average molecular weight is 413 g/mol. The zero-order valence-electron chi connectivity index (χ0n) is 17.5. The van der Waals surface area contributed by atoms with Gasteiger partial charge in [0.25, 0.3) is 0 Å². The number of aromatic nitrogens is 3. The summed E-state index contributed by atoms with van der Waals surface area (Å²) in [4.78, 5) is 17.9. The Kier molecular flexibility index (Phi) is 5.42. The number of benzene rings is 1. The Morgan fingerprint density at radius 2 is 2.00 bits per heavy atom. The van der Waals surface area contributed by atoms with Crippen LogP contribution < -0.4 is 10.1 Å². The maximum atomic E-state index is 13.2. The largest absolute Gasteiger partial charge is 0.494 e. The molecular weight excluding hydrogens is 384 g/mol. The lowest BCUT2D eigenvalue weighted by Crippen LogP contribution is -2.36. The summed E-state index contributed by atoms with van der Waals surface area (Å²) in [6.45, 7) is 9.03. The first-order chi connectivity index (χ1) is 13.9. The molecule has 4 rings (SSSR count). The molecule has 2 heterocycles. The molecule has 0 saturated carbocycles. The van der Waals surface area contributed by atoms with E-state index in [1.807, 2.05) is 35.9 Å². The van der Waals surface area contributed by atoms with E-state index in [-0.39, 0.29) is 17.2 Å². The molecule has 6 nitrogen and oxygen atoms in total. The van der Waals surface area contributed by atoms with Crippen molar-refractivity contribution in [3.63, 3.8) is 0 Å². The zero-order chi connectivity index (χ0) is 20.6. The van der Waals surface area contributed by atoms with Crippen LogP contribution in [-0.4, -0.2) is 32.9 Å². The van der Waals surface area contributed by atoms with Gasteiger partial charge in [0.05, 0.1) is 6.61 Å². The second-order valence-corrected chi connectivity index (χ2v) is 9.44. The van der Waals surface area contributed by atoms with Crippen molar-refractivity contribution in [2.75, 3.05) is 17.7 Å². The minimum Gasteiger partial charge on any atom is -0.494 e. The summed E-state index contributed by atoms with van der Waals surface area (Å²) in [6.07, 6.45) is 2.43. The first-order valence-corrected chi connectivity index (χ1v) is 11.3. The van der Waals surface area contributed by atoms with Gasteiger partial charge in [-0.05, 0) is 42.9 Å². The van der Waals surface area contributed by atoms with Crippen molar-refractivity contribution in [3.8, 4) is 5.75 Å². The maximum Gasteiger partial charge on any atom is 0.227 e. The summed E-state index contributed by atoms with van der Waals surface area (Å²) in [5, 5.41) is 8.93. The molecule has 2 aromatic rings. The van der Waals surface area contributed by atoms with Gasteiger partial charge in [-0.2, -0.15) is 4.98 Å². The Morgan fingerprint density at radius 1 is 1.24 bits per heavy atom. The van der Waals surface area contributed by atoms with E-state index in [1.165, 1.54) is 0 Å². The Bertz CT molecular complexity index is 946. The number of Topliss-reactive ketones (excluding diaryl/α,β-unsaturated/α-hetero) is 1. The lowest BCUT2D eigenvalue weighted by atomic mass is 9.73. The molecule has 1 aliphatic carbocycles. The van der Waals surface area contributed by atoms with Crippen LogP contribution in [0.25, 0.3) is 0 Å². The number of nitrogens with zero attached hydrogens (tertiary/aromatic N) is 3. The van der Waals surface area contributed by atoms with E-state index >= 15 is 0 Å². The first kappa shape index (κ1) is 20.0. The van der Waals surface area contributed by atoms with Gasteiger partial charge in [0.1, 0.15) is 11.8 Å². The van der Waals surface area contributed by atoms with Gasteiger partial charge in [0, 0.05) is 23.4 Å². The molecular formula is C22H28N4O2S. The standard InChI is InChI=1S/C22H28N4O2S/c1-5-11-29-21-24-20-23-16-12-22(3,4)13-17(27)18(16)19(26(20)25-21)14-7-9-15(10-8-14)28-6-2/h7-10,19H,5-6,11-13H2,1-4H3,(H,23,24,25). The van der Waals surface area contributed by atoms with Crippen molar-refractivity contribution in [2.24, 2.45) is 5.41 Å². The maximum absolute atomic E-state index is 13.2. The molecule has 2 aliphatic rings. The summed E-state index contributed by atoms with van der Waals surface area (Å²) in [5.41, 5.74) is 2.76. The monoisotopic (exact) mass is 412 g/mol. The molecule has 1 unspecified atom stereocenters. The van der Waals surface area contributed by atoms with E-state index in [9.17, 15) is 4.79 Å². The third-order valence-corrected chi connectivity index (χ3v) is 6.30. The van der Waals surface area contributed by atoms with Gasteiger partial charge >= 0.3 is 0 Å². The van der Waals surface area contributed by atoms with Crippen molar-refractivity contribution in [3.05, 3.63) is 41.1 Å². The fourth-order valence-corrected chi connectivity index (χ4v) is 4.75. The number of nitrogens with one attached hydrogen (secondary N) is 1. The number of carbonyl (C=O) groups excluding carboxylic acids is 1. The molecule has 1 atom stereocenters. The molecule has 1 N–H and O–H groups in total. The van der Waals surface area contributed by atoms with Gasteiger partial charge in [-0.1, -0.05) is 44.7 Å². The van der Waals surface area contributed by atoms with Crippen LogP contribution in [-0.2, 0) is 4.79 Å². The van der Waals surface area contributed by atoms with Crippen LogP contribution in [0, 0.1) is 5.41 Å². The lowest BCUT2D eigenvalue weighted by Gasteiger charge is -2.38. The number of anilines is 1. The van der Waals surface area contributed by atoms with Crippen molar-refractivity contribution >= 4 is 23.5 Å². The highest BCUT2D eigenvalue weighted by molar-refractivity contribution is 7.99. The van der Waals surface area contributed by atoms with E-state index in [0.717, 1.165) is 46.3 Å². The molecule has 0 bridgehead atoms. The smallest absolute Gasteiger partial charge is 0.227 e. The van der Waals surface area contributed by atoms with Crippen molar-refractivity contribution in [1.82, 2.24) is 14.8 Å². The lowest BCUT2D eigenvalue weighted by molar-refractivity contribution is -0.118. The van der Waals surface area contributed by atoms with Crippen LogP contribution in [0.5, 0.6) is 5.75 Å². The minimum absolute atomic E-state index is 0.0612. The van der Waals surface area contributed by atoms with Crippen molar-refractivity contribution in [2.45, 2.75) is 58.2 Å². The number of ketones is 1. The number of hydrogen-bond donors (Lipinski definition) is 1. The Morgan fingerprint density at radius 3 is 2.69 bits per heavy atom. The summed E-state index contributed by atoms with van der Waals surface area (Å²) < 4.78 is 7.47. The van der Waals surface area contributed by atoms with Gasteiger partial charge in [-0.3, -0.25) is 4.79 Å². The summed E-state index contributed by atoms with van der Waals surface area (Å²) >= 11 is 1.65. The number of carbonyl (C=O) groups is 1. The van der Waals surface area contributed by atoms with Crippen LogP contribution in [0.4, 0.5) is 5.95 Å². The Labute approximate surface area is 176 Å². The number of rotatable bonds is 6. The molecule has 0 amide bonds. The molecule has 154 valence electrons.